The van der Waals surface area contributed by atoms with Gasteiger partial charge in [0.2, 0.25) is 5.91 Å². The number of hydrogen-bond acceptors (Lipinski definition) is 5. The van der Waals surface area contributed by atoms with E-state index in [1.54, 1.807) is 6.07 Å². The second kappa shape index (κ2) is 4.83. The van der Waals surface area contributed by atoms with Crippen molar-refractivity contribution >= 4 is 5.91 Å². The molecule has 0 unspecified atom stereocenters. The summed E-state index contributed by atoms with van der Waals surface area (Å²) >= 11 is 0. The fraction of sp³-hybridized carbons (Fsp3) is 0.417. The minimum Gasteiger partial charge on any atom is -0.504 e. The minimum absolute atomic E-state index is 0.204. The Labute approximate surface area is 104 Å². The van der Waals surface area contributed by atoms with Crippen LogP contribution in [0, 0.1) is 0 Å². The van der Waals surface area contributed by atoms with E-state index >= 15 is 0 Å². The lowest BCUT2D eigenvalue weighted by Gasteiger charge is -2.37. The van der Waals surface area contributed by atoms with Gasteiger partial charge in [-0.25, -0.2) is 0 Å². The summed E-state index contributed by atoms with van der Waals surface area (Å²) in [7, 11) is 0. The molecule has 1 aliphatic rings. The number of nitrogens with zero attached hydrogens (tertiary/aromatic N) is 1. The van der Waals surface area contributed by atoms with Crippen LogP contribution in [0.4, 0.5) is 0 Å². The van der Waals surface area contributed by atoms with Crippen LogP contribution in [0.15, 0.2) is 18.2 Å². The quantitative estimate of drug-likeness (QED) is 0.525. The zero-order chi connectivity index (χ0) is 13.3. The Morgan fingerprint density at radius 1 is 1.39 bits per heavy atom. The molecule has 0 spiro atoms. The van der Waals surface area contributed by atoms with Gasteiger partial charge in [0.1, 0.15) is 0 Å². The van der Waals surface area contributed by atoms with Gasteiger partial charge in [0.15, 0.2) is 11.5 Å². The van der Waals surface area contributed by atoms with Crippen LogP contribution in [0.25, 0.3) is 0 Å². The molecule has 18 heavy (non-hydrogen) atoms. The SMILES string of the molecule is N[C@@H](Cc1ccc(O)c(O)c1)C(=O)N1CC(O)C1. The third-order valence-corrected chi connectivity index (χ3v) is 2.99. The minimum atomic E-state index is -0.707. The molecule has 1 amide bonds. The Morgan fingerprint density at radius 3 is 2.61 bits per heavy atom. The lowest BCUT2D eigenvalue weighted by Crippen LogP contribution is -2.58. The van der Waals surface area contributed by atoms with E-state index in [2.05, 4.69) is 0 Å². The van der Waals surface area contributed by atoms with Crippen molar-refractivity contribution in [1.29, 1.82) is 0 Å². The Kier molecular flexibility index (Phi) is 3.40. The smallest absolute Gasteiger partial charge is 0.240 e. The average Bonchev–Trinajstić information content (AvgIpc) is 2.29. The van der Waals surface area contributed by atoms with Crippen LogP contribution in [0.3, 0.4) is 0 Å². The Bertz CT molecular complexity index is 457. The maximum absolute atomic E-state index is 11.8. The van der Waals surface area contributed by atoms with Gasteiger partial charge in [-0.15, -0.1) is 0 Å². The van der Waals surface area contributed by atoms with Crippen LogP contribution in [-0.2, 0) is 11.2 Å². The highest BCUT2D eigenvalue weighted by Gasteiger charge is 2.31. The number of carbonyl (C=O) groups is 1. The molecule has 6 nitrogen and oxygen atoms in total. The van der Waals surface area contributed by atoms with Crippen LogP contribution in [-0.4, -0.2) is 51.4 Å². The molecule has 1 heterocycles. The van der Waals surface area contributed by atoms with Crippen molar-refractivity contribution in [3.05, 3.63) is 23.8 Å². The van der Waals surface area contributed by atoms with Crippen molar-refractivity contribution in [2.24, 2.45) is 5.73 Å². The van der Waals surface area contributed by atoms with Gasteiger partial charge in [0.05, 0.1) is 12.1 Å². The highest BCUT2D eigenvalue weighted by atomic mass is 16.3. The van der Waals surface area contributed by atoms with Gasteiger partial charge in [0.25, 0.3) is 0 Å². The molecule has 0 aromatic heterocycles. The van der Waals surface area contributed by atoms with E-state index in [9.17, 15) is 9.90 Å². The van der Waals surface area contributed by atoms with E-state index in [1.165, 1.54) is 17.0 Å². The van der Waals surface area contributed by atoms with Gasteiger partial charge in [-0.2, -0.15) is 0 Å². The van der Waals surface area contributed by atoms with Crippen LogP contribution in [0.2, 0.25) is 0 Å². The average molecular weight is 252 g/mol. The number of benzene rings is 1. The Morgan fingerprint density at radius 2 is 2.06 bits per heavy atom. The first-order chi connectivity index (χ1) is 8.47. The number of aliphatic hydroxyl groups excluding tert-OH is 1. The monoisotopic (exact) mass is 252 g/mol. The zero-order valence-corrected chi connectivity index (χ0v) is 9.78. The van der Waals surface area contributed by atoms with E-state index in [4.69, 9.17) is 15.9 Å². The third-order valence-electron chi connectivity index (χ3n) is 2.99. The van der Waals surface area contributed by atoms with E-state index in [0.717, 1.165) is 0 Å². The largest absolute Gasteiger partial charge is 0.504 e. The van der Waals surface area contributed by atoms with Gasteiger partial charge in [-0.1, -0.05) is 6.07 Å². The van der Waals surface area contributed by atoms with E-state index in [-0.39, 0.29) is 23.8 Å². The summed E-state index contributed by atoms with van der Waals surface area (Å²) in [5.74, 6) is -0.649. The van der Waals surface area contributed by atoms with Crippen molar-refractivity contribution in [2.75, 3.05) is 13.1 Å². The van der Waals surface area contributed by atoms with E-state index in [1.807, 2.05) is 0 Å². The van der Waals surface area contributed by atoms with Crippen LogP contribution >= 0.6 is 0 Å². The van der Waals surface area contributed by atoms with Crippen molar-refractivity contribution in [2.45, 2.75) is 18.6 Å². The molecule has 0 radical (unpaired) electrons. The number of rotatable bonds is 3. The molecule has 0 aliphatic carbocycles. The number of amides is 1. The number of nitrogens with two attached hydrogens (primary N) is 1. The number of β-amino-alcohol motifs (C(OH)–C–C–N with tert-alkyl or cyclic N) is 1. The van der Waals surface area contributed by atoms with Crippen LogP contribution < -0.4 is 5.73 Å². The molecule has 98 valence electrons. The molecule has 1 saturated heterocycles. The molecule has 0 saturated carbocycles. The molecule has 5 N–H and O–H groups in total. The van der Waals surface area contributed by atoms with Crippen molar-refractivity contribution < 1.29 is 20.1 Å². The van der Waals surface area contributed by atoms with E-state index < -0.39 is 12.1 Å². The normalized spacial score (nSPS) is 17.3. The third kappa shape index (κ3) is 2.55. The number of hydrogen-bond donors (Lipinski definition) is 4. The zero-order valence-electron chi connectivity index (χ0n) is 9.78. The van der Waals surface area contributed by atoms with Gasteiger partial charge >= 0.3 is 0 Å². The van der Waals surface area contributed by atoms with Gasteiger partial charge in [-0.05, 0) is 24.1 Å². The summed E-state index contributed by atoms with van der Waals surface area (Å²) in [5.41, 5.74) is 6.45. The van der Waals surface area contributed by atoms with Crippen LogP contribution in [0.5, 0.6) is 11.5 Å². The molecule has 1 aliphatic heterocycles. The van der Waals surface area contributed by atoms with Gasteiger partial charge in [-0.3, -0.25) is 4.79 Å². The molecule has 1 aromatic carbocycles. The first kappa shape index (κ1) is 12.7. The number of carbonyl (C=O) groups excluding carboxylic acids is 1. The Balaban J connectivity index is 1.96. The predicted octanol–water partition coefficient (Wildman–Crippen LogP) is -0.829. The number of likely N-dealkylation sites (tertiary alicyclic amines) is 1. The summed E-state index contributed by atoms with van der Waals surface area (Å²) in [6.07, 6.45) is -0.168. The molecule has 1 atom stereocenters. The fourth-order valence-corrected chi connectivity index (χ4v) is 1.91. The molecular formula is C12H16N2O4. The predicted molar refractivity (Wildman–Crippen MR) is 64.0 cm³/mol. The fourth-order valence-electron chi connectivity index (χ4n) is 1.91. The molecule has 6 heteroatoms. The van der Waals surface area contributed by atoms with Crippen molar-refractivity contribution in [3.63, 3.8) is 0 Å². The maximum atomic E-state index is 11.8. The number of aromatic hydroxyl groups is 2. The maximum Gasteiger partial charge on any atom is 0.240 e. The van der Waals surface area contributed by atoms with Gasteiger partial charge < -0.3 is 26.0 Å². The first-order valence-corrected chi connectivity index (χ1v) is 5.70. The second-order valence-corrected chi connectivity index (χ2v) is 4.53. The molecule has 1 aromatic rings. The van der Waals surface area contributed by atoms with Crippen molar-refractivity contribution in [1.82, 2.24) is 4.90 Å². The van der Waals surface area contributed by atoms with Crippen LogP contribution in [0.1, 0.15) is 5.56 Å². The second-order valence-electron chi connectivity index (χ2n) is 4.53. The molecule has 1 fully saturated rings. The number of phenolic OH excluding ortho intramolecular Hbond substituents is 2. The first-order valence-electron chi connectivity index (χ1n) is 5.70. The molecule has 0 bridgehead atoms. The highest BCUT2D eigenvalue weighted by molar-refractivity contribution is 5.82. The van der Waals surface area contributed by atoms with E-state index in [0.29, 0.717) is 18.7 Å². The highest BCUT2D eigenvalue weighted by Crippen LogP contribution is 2.25. The topological polar surface area (TPSA) is 107 Å². The number of phenols is 2. The molecular weight excluding hydrogens is 236 g/mol. The standard InChI is InChI=1S/C12H16N2O4/c13-9(12(18)14-5-8(15)6-14)3-7-1-2-10(16)11(17)4-7/h1-2,4,8-9,15-17H,3,5-6,13H2/t9-/m0/s1. The Hall–Kier alpha value is -1.79. The summed E-state index contributed by atoms with van der Waals surface area (Å²) < 4.78 is 0. The lowest BCUT2D eigenvalue weighted by molar-refractivity contribution is -0.142. The summed E-state index contributed by atoms with van der Waals surface area (Å²) in [6.45, 7) is 0.653. The lowest BCUT2D eigenvalue weighted by atomic mass is 10.0. The van der Waals surface area contributed by atoms with Gasteiger partial charge in [0, 0.05) is 13.1 Å². The summed E-state index contributed by atoms with van der Waals surface area (Å²) in [4.78, 5) is 13.3. The summed E-state index contributed by atoms with van der Waals surface area (Å²) in [6, 6.07) is 3.64. The van der Waals surface area contributed by atoms with Crippen molar-refractivity contribution in [3.8, 4) is 11.5 Å². The molecule has 2 rings (SSSR count). The number of aliphatic hydroxyl groups is 1. The summed E-state index contributed by atoms with van der Waals surface area (Å²) in [5, 5.41) is 27.6.